The molecule has 4 rings (SSSR count). The van der Waals surface area contributed by atoms with E-state index in [-0.39, 0.29) is 10.7 Å². The van der Waals surface area contributed by atoms with Crippen LogP contribution in [-0.2, 0) is 16.4 Å². The highest BCUT2D eigenvalue weighted by Gasteiger charge is 2.29. The van der Waals surface area contributed by atoms with E-state index in [0.29, 0.717) is 42.2 Å². The lowest BCUT2D eigenvalue weighted by Crippen LogP contribution is -2.35. The maximum atomic E-state index is 13.2. The molecule has 0 radical (unpaired) electrons. The van der Waals surface area contributed by atoms with Gasteiger partial charge in [-0.15, -0.1) is 0 Å². The highest BCUT2D eigenvalue weighted by molar-refractivity contribution is 7.92. The molecule has 0 atom stereocenters. The van der Waals surface area contributed by atoms with Gasteiger partial charge in [-0.2, -0.15) is 0 Å². The van der Waals surface area contributed by atoms with E-state index in [4.69, 9.17) is 4.74 Å². The molecule has 0 aliphatic carbocycles. The number of hydrogen-bond acceptors (Lipinski definition) is 4. The topological polar surface area (TPSA) is 87.7 Å². The lowest BCUT2D eigenvalue weighted by atomic mass is 10.0. The number of nitrogens with one attached hydrogen (secondary N) is 2. The summed E-state index contributed by atoms with van der Waals surface area (Å²) in [5.41, 5.74) is 2.41. The molecular formula is C23H22FN3O4S. The van der Waals surface area contributed by atoms with Crippen LogP contribution in [-0.4, -0.2) is 28.1 Å². The number of carbonyl (C=O) groups excluding carboxylic acids is 1. The summed E-state index contributed by atoms with van der Waals surface area (Å²) in [6.07, 6.45) is 1.35. The number of sulfonamides is 1. The van der Waals surface area contributed by atoms with E-state index in [9.17, 15) is 17.6 Å². The normalized spacial score (nSPS) is 13.2. The van der Waals surface area contributed by atoms with E-state index in [1.807, 2.05) is 0 Å². The Hall–Kier alpha value is -3.59. The van der Waals surface area contributed by atoms with Crippen LogP contribution in [0.5, 0.6) is 5.75 Å². The van der Waals surface area contributed by atoms with Crippen molar-refractivity contribution in [1.82, 2.24) is 0 Å². The molecule has 0 saturated carbocycles. The van der Waals surface area contributed by atoms with Gasteiger partial charge in [0.25, 0.3) is 10.0 Å². The summed E-state index contributed by atoms with van der Waals surface area (Å²) in [6, 6.07) is 16.4. The van der Waals surface area contributed by atoms with Gasteiger partial charge in [-0.3, -0.25) is 4.31 Å². The Balaban J connectivity index is 1.53. The molecule has 3 aromatic carbocycles. The first-order valence-corrected chi connectivity index (χ1v) is 11.4. The van der Waals surface area contributed by atoms with Crippen LogP contribution in [0.25, 0.3) is 0 Å². The highest BCUT2D eigenvalue weighted by atomic mass is 32.2. The first-order valence-electron chi connectivity index (χ1n) is 10.00. The SMILES string of the molecule is COc1ccc(S(=O)(=O)N2CCCc3cc(NC(=O)Nc4ccc(F)cc4)ccc32)cc1. The second-order valence-electron chi connectivity index (χ2n) is 7.29. The van der Waals surface area contributed by atoms with Crippen molar-refractivity contribution >= 4 is 33.1 Å². The Morgan fingerprint density at radius 2 is 1.62 bits per heavy atom. The third-order valence-corrected chi connectivity index (χ3v) is 6.99. The smallest absolute Gasteiger partial charge is 0.323 e. The van der Waals surface area contributed by atoms with Gasteiger partial charge < -0.3 is 15.4 Å². The van der Waals surface area contributed by atoms with Crippen molar-refractivity contribution in [1.29, 1.82) is 0 Å². The van der Waals surface area contributed by atoms with E-state index >= 15 is 0 Å². The summed E-state index contributed by atoms with van der Waals surface area (Å²) in [6.45, 7) is 0.374. The average Bonchev–Trinajstić information content (AvgIpc) is 2.80. The standard InChI is InChI=1S/C23H22FN3O4S/c1-31-20-9-11-21(12-10-20)32(29,30)27-14-2-3-16-15-19(8-13-22(16)27)26-23(28)25-18-6-4-17(24)5-7-18/h4-13,15H,2-3,14H2,1H3,(H2,25,26,28). The van der Waals surface area contributed by atoms with Gasteiger partial charge in [0.2, 0.25) is 0 Å². The van der Waals surface area contributed by atoms with Crippen LogP contribution in [0.2, 0.25) is 0 Å². The average molecular weight is 456 g/mol. The fraction of sp³-hybridized carbons (Fsp3) is 0.174. The highest BCUT2D eigenvalue weighted by Crippen LogP contribution is 2.34. The number of rotatable bonds is 5. The predicted octanol–water partition coefficient (Wildman–Crippen LogP) is 4.62. The number of urea groups is 1. The Labute approximate surface area is 185 Å². The molecule has 1 aliphatic heterocycles. The Morgan fingerprint density at radius 1 is 0.969 bits per heavy atom. The van der Waals surface area contributed by atoms with Gasteiger partial charge >= 0.3 is 6.03 Å². The number of benzene rings is 3. The molecule has 2 amide bonds. The summed E-state index contributed by atoms with van der Waals surface area (Å²) in [7, 11) is -2.21. The number of aryl methyl sites for hydroxylation is 1. The van der Waals surface area contributed by atoms with Gasteiger partial charge in [-0.1, -0.05) is 0 Å². The number of anilines is 3. The zero-order valence-corrected chi connectivity index (χ0v) is 18.2. The van der Waals surface area contributed by atoms with Gasteiger partial charge in [-0.25, -0.2) is 17.6 Å². The fourth-order valence-corrected chi connectivity index (χ4v) is 5.13. The number of carbonyl (C=O) groups is 1. The first kappa shape index (κ1) is 21.6. The van der Waals surface area contributed by atoms with Crippen LogP contribution >= 0.6 is 0 Å². The number of hydrogen-bond donors (Lipinski definition) is 2. The second-order valence-corrected chi connectivity index (χ2v) is 9.15. The Bertz CT molecular complexity index is 1230. The zero-order valence-electron chi connectivity index (χ0n) is 17.3. The van der Waals surface area contributed by atoms with Gasteiger partial charge in [0.15, 0.2) is 0 Å². The van der Waals surface area contributed by atoms with Gasteiger partial charge in [0.05, 0.1) is 17.7 Å². The molecule has 2 N–H and O–H groups in total. The quantitative estimate of drug-likeness (QED) is 0.588. The molecule has 0 aromatic heterocycles. The van der Waals surface area contributed by atoms with Gasteiger partial charge in [-0.05, 0) is 85.1 Å². The monoisotopic (exact) mass is 455 g/mol. The van der Waals surface area contributed by atoms with Crippen molar-refractivity contribution in [3.8, 4) is 5.75 Å². The summed E-state index contributed by atoms with van der Waals surface area (Å²) < 4.78 is 45.9. The largest absolute Gasteiger partial charge is 0.497 e. The molecule has 9 heteroatoms. The summed E-state index contributed by atoms with van der Waals surface area (Å²) in [5, 5.41) is 5.36. The van der Waals surface area contributed by atoms with E-state index in [2.05, 4.69) is 10.6 Å². The van der Waals surface area contributed by atoms with Crippen LogP contribution in [0.3, 0.4) is 0 Å². The summed E-state index contributed by atoms with van der Waals surface area (Å²) >= 11 is 0. The number of nitrogens with zero attached hydrogens (tertiary/aromatic N) is 1. The van der Waals surface area contributed by atoms with Crippen molar-refractivity contribution in [2.45, 2.75) is 17.7 Å². The predicted molar refractivity (Wildman–Crippen MR) is 121 cm³/mol. The lowest BCUT2D eigenvalue weighted by molar-refractivity contribution is 0.262. The number of halogens is 1. The third-order valence-electron chi connectivity index (χ3n) is 5.16. The van der Waals surface area contributed by atoms with E-state index < -0.39 is 16.1 Å². The van der Waals surface area contributed by atoms with Crippen molar-refractivity contribution < 1.29 is 22.3 Å². The second kappa shape index (κ2) is 8.88. The van der Waals surface area contributed by atoms with Crippen LogP contribution < -0.4 is 19.7 Å². The zero-order chi connectivity index (χ0) is 22.7. The van der Waals surface area contributed by atoms with Crippen molar-refractivity contribution in [2.75, 3.05) is 28.6 Å². The summed E-state index contributed by atoms with van der Waals surface area (Å²) in [4.78, 5) is 12.5. The Kier molecular flexibility index (Phi) is 6.00. The minimum absolute atomic E-state index is 0.187. The van der Waals surface area contributed by atoms with Crippen molar-refractivity contribution in [3.05, 3.63) is 78.1 Å². The molecule has 7 nitrogen and oxygen atoms in total. The molecule has 0 unspecified atom stereocenters. The molecule has 0 spiro atoms. The van der Waals surface area contributed by atoms with Crippen molar-refractivity contribution in [3.63, 3.8) is 0 Å². The number of ether oxygens (including phenoxy) is 1. The first-order chi connectivity index (χ1) is 15.4. The van der Waals surface area contributed by atoms with Gasteiger partial charge in [0, 0.05) is 17.9 Å². The number of amides is 2. The fourth-order valence-electron chi connectivity index (χ4n) is 3.59. The Morgan fingerprint density at radius 3 is 2.31 bits per heavy atom. The van der Waals surface area contributed by atoms with E-state index in [1.54, 1.807) is 30.3 Å². The molecule has 0 saturated heterocycles. The lowest BCUT2D eigenvalue weighted by Gasteiger charge is -2.31. The third kappa shape index (κ3) is 4.52. The maximum absolute atomic E-state index is 13.2. The molecule has 32 heavy (non-hydrogen) atoms. The van der Waals surface area contributed by atoms with Crippen LogP contribution in [0.4, 0.5) is 26.2 Å². The molecule has 0 bridgehead atoms. The van der Waals surface area contributed by atoms with Crippen LogP contribution in [0.15, 0.2) is 71.6 Å². The molecular weight excluding hydrogens is 433 g/mol. The number of methoxy groups -OCH3 is 1. The number of fused-ring (bicyclic) bond motifs is 1. The van der Waals surface area contributed by atoms with Gasteiger partial charge in [0.1, 0.15) is 11.6 Å². The minimum atomic E-state index is -3.73. The van der Waals surface area contributed by atoms with E-state index in [1.165, 1.54) is 47.8 Å². The van der Waals surface area contributed by atoms with Crippen LogP contribution in [0, 0.1) is 5.82 Å². The maximum Gasteiger partial charge on any atom is 0.323 e. The molecule has 1 aliphatic rings. The van der Waals surface area contributed by atoms with Crippen LogP contribution in [0.1, 0.15) is 12.0 Å². The minimum Gasteiger partial charge on any atom is -0.497 e. The van der Waals surface area contributed by atoms with E-state index in [0.717, 1.165) is 5.56 Å². The molecule has 166 valence electrons. The molecule has 0 fully saturated rings. The molecule has 1 heterocycles. The summed E-state index contributed by atoms with van der Waals surface area (Å²) in [5.74, 6) is 0.192. The van der Waals surface area contributed by atoms with Crippen molar-refractivity contribution in [2.24, 2.45) is 0 Å². The molecule has 3 aromatic rings.